The van der Waals surface area contributed by atoms with E-state index in [4.69, 9.17) is 4.98 Å². The highest BCUT2D eigenvalue weighted by Gasteiger charge is 2.28. The lowest BCUT2D eigenvalue weighted by Crippen LogP contribution is -2.49. The van der Waals surface area contributed by atoms with Crippen molar-refractivity contribution in [2.75, 3.05) is 36.8 Å². The summed E-state index contributed by atoms with van der Waals surface area (Å²) in [4.78, 5) is 22.0. The molecule has 6 nitrogen and oxygen atoms in total. The molecule has 0 bridgehead atoms. The van der Waals surface area contributed by atoms with Crippen molar-refractivity contribution in [3.63, 3.8) is 0 Å². The predicted octanol–water partition coefficient (Wildman–Crippen LogP) is 3.67. The molecule has 0 saturated carbocycles. The van der Waals surface area contributed by atoms with Gasteiger partial charge in [-0.1, -0.05) is 36.5 Å². The second-order valence-electron chi connectivity index (χ2n) is 7.53. The number of sulfone groups is 1. The van der Waals surface area contributed by atoms with Crippen LogP contribution in [0.25, 0.3) is 10.2 Å². The molecule has 8 heteroatoms. The Kier molecular flexibility index (Phi) is 5.55. The third-order valence-corrected chi connectivity index (χ3v) is 8.61. The van der Waals surface area contributed by atoms with Gasteiger partial charge in [-0.05, 0) is 43.2 Å². The standard InChI is InChI=1S/C22H25N3O3S2/c1-4-30(27,28)19-8-6-5-7-17(19)21(26)24-11-13-25(14-12-24)22-23-20-16(3)15(2)9-10-18(20)29-22/h5-10H,4,11-14H2,1-3H3. The van der Waals surface area contributed by atoms with E-state index in [1.54, 1.807) is 41.4 Å². The number of aryl methyl sites for hydroxylation is 2. The molecule has 30 heavy (non-hydrogen) atoms. The van der Waals surface area contributed by atoms with Crippen molar-refractivity contribution in [2.24, 2.45) is 0 Å². The van der Waals surface area contributed by atoms with E-state index < -0.39 is 9.84 Å². The first kappa shape index (κ1) is 20.8. The molecule has 0 N–H and O–H groups in total. The van der Waals surface area contributed by atoms with E-state index in [1.165, 1.54) is 21.9 Å². The van der Waals surface area contributed by atoms with E-state index in [0.717, 1.165) is 10.6 Å². The molecule has 0 radical (unpaired) electrons. The molecule has 1 aliphatic rings. The SMILES string of the molecule is CCS(=O)(=O)c1ccccc1C(=O)N1CCN(c2nc3c(C)c(C)ccc3s2)CC1. The minimum Gasteiger partial charge on any atom is -0.345 e. The Morgan fingerprint density at radius 2 is 1.77 bits per heavy atom. The van der Waals surface area contributed by atoms with Gasteiger partial charge in [-0.25, -0.2) is 13.4 Å². The van der Waals surface area contributed by atoms with Crippen molar-refractivity contribution in [3.8, 4) is 0 Å². The number of piperazine rings is 1. The third kappa shape index (κ3) is 3.70. The second kappa shape index (κ2) is 8.00. The molecule has 3 aromatic rings. The molecule has 1 aliphatic heterocycles. The van der Waals surface area contributed by atoms with Crippen molar-refractivity contribution >= 4 is 42.4 Å². The summed E-state index contributed by atoms with van der Waals surface area (Å²) in [6.07, 6.45) is 0. The number of rotatable bonds is 4. The van der Waals surface area contributed by atoms with Gasteiger partial charge in [-0.3, -0.25) is 4.79 Å². The number of hydrogen-bond donors (Lipinski definition) is 0. The van der Waals surface area contributed by atoms with Crippen molar-refractivity contribution in [3.05, 3.63) is 53.1 Å². The van der Waals surface area contributed by atoms with Crippen LogP contribution in [0, 0.1) is 13.8 Å². The first-order valence-corrected chi connectivity index (χ1v) is 12.5. The number of fused-ring (bicyclic) bond motifs is 1. The van der Waals surface area contributed by atoms with Gasteiger partial charge in [0.2, 0.25) is 0 Å². The van der Waals surface area contributed by atoms with Gasteiger partial charge in [-0.15, -0.1) is 0 Å². The van der Waals surface area contributed by atoms with Gasteiger partial charge in [0.05, 0.1) is 26.4 Å². The summed E-state index contributed by atoms with van der Waals surface area (Å²) in [5.41, 5.74) is 3.75. The van der Waals surface area contributed by atoms with Crippen LogP contribution < -0.4 is 4.90 Å². The van der Waals surface area contributed by atoms with Crippen molar-refractivity contribution < 1.29 is 13.2 Å². The van der Waals surface area contributed by atoms with E-state index in [0.29, 0.717) is 26.2 Å². The number of carbonyl (C=O) groups excluding carboxylic acids is 1. The van der Waals surface area contributed by atoms with E-state index in [2.05, 4.69) is 30.9 Å². The quantitative estimate of drug-likeness (QED) is 0.615. The number of anilines is 1. The topological polar surface area (TPSA) is 70.6 Å². The molecule has 0 aliphatic carbocycles. The van der Waals surface area contributed by atoms with Gasteiger partial charge in [0.1, 0.15) is 0 Å². The fourth-order valence-corrected chi connectivity index (χ4v) is 5.85. The average molecular weight is 444 g/mol. The average Bonchev–Trinajstić information content (AvgIpc) is 3.21. The highest BCUT2D eigenvalue weighted by Crippen LogP contribution is 2.32. The molecule has 1 amide bonds. The summed E-state index contributed by atoms with van der Waals surface area (Å²) < 4.78 is 26.0. The van der Waals surface area contributed by atoms with Crippen LogP contribution in [0.5, 0.6) is 0 Å². The van der Waals surface area contributed by atoms with Gasteiger partial charge < -0.3 is 9.80 Å². The molecule has 1 aromatic heterocycles. The Morgan fingerprint density at radius 1 is 1.07 bits per heavy atom. The molecule has 1 saturated heterocycles. The first-order chi connectivity index (χ1) is 14.3. The molecule has 0 spiro atoms. The van der Waals surface area contributed by atoms with Gasteiger partial charge in [0, 0.05) is 26.2 Å². The van der Waals surface area contributed by atoms with E-state index >= 15 is 0 Å². The zero-order valence-corrected chi connectivity index (χ0v) is 19.0. The Labute approximate surface area is 181 Å². The Morgan fingerprint density at radius 3 is 2.47 bits per heavy atom. The third-order valence-electron chi connectivity index (χ3n) is 5.74. The summed E-state index contributed by atoms with van der Waals surface area (Å²) >= 11 is 1.67. The largest absolute Gasteiger partial charge is 0.345 e. The zero-order chi connectivity index (χ0) is 21.5. The molecule has 2 aromatic carbocycles. The Bertz CT molecular complexity index is 1210. The fraction of sp³-hybridized carbons (Fsp3) is 0.364. The molecule has 0 atom stereocenters. The molecule has 2 heterocycles. The molecular formula is C22H25N3O3S2. The van der Waals surface area contributed by atoms with E-state index in [1.807, 2.05) is 0 Å². The maximum absolute atomic E-state index is 13.1. The zero-order valence-electron chi connectivity index (χ0n) is 17.4. The summed E-state index contributed by atoms with van der Waals surface area (Å²) in [6, 6.07) is 10.7. The molecule has 1 fully saturated rings. The summed E-state index contributed by atoms with van der Waals surface area (Å²) in [5.74, 6) is -0.250. The summed E-state index contributed by atoms with van der Waals surface area (Å²) in [7, 11) is -3.46. The number of aromatic nitrogens is 1. The van der Waals surface area contributed by atoms with Gasteiger partial charge >= 0.3 is 0 Å². The highest BCUT2D eigenvalue weighted by atomic mass is 32.2. The van der Waals surface area contributed by atoms with Crippen molar-refractivity contribution in [1.82, 2.24) is 9.88 Å². The normalized spacial score (nSPS) is 15.0. The summed E-state index contributed by atoms with van der Waals surface area (Å²) in [5, 5.41) is 0.972. The predicted molar refractivity (Wildman–Crippen MR) is 121 cm³/mol. The van der Waals surface area contributed by atoms with Crippen LogP contribution in [0.15, 0.2) is 41.3 Å². The molecule has 0 unspecified atom stereocenters. The monoisotopic (exact) mass is 443 g/mol. The number of thiazole rings is 1. The number of carbonyl (C=O) groups is 1. The number of benzene rings is 2. The number of hydrogen-bond acceptors (Lipinski definition) is 6. The number of nitrogens with zero attached hydrogens (tertiary/aromatic N) is 3. The van der Waals surface area contributed by atoms with Crippen LogP contribution in [0.4, 0.5) is 5.13 Å². The first-order valence-electron chi connectivity index (χ1n) is 10.0. The Hall–Kier alpha value is -2.45. The molecule has 4 rings (SSSR count). The van der Waals surface area contributed by atoms with Gasteiger partial charge in [0.25, 0.3) is 5.91 Å². The van der Waals surface area contributed by atoms with Crippen molar-refractivity contribution in [2.45, 2.75) is 25.7 Å². The molecular weight excluding hydrogens is 418 g/mol. The minimum absolute atomic E-state index is 0.0262. The molecule has 158 valence electrons. The van der Waals surface area contributed by atoms with Gasteiger partial charge in [0.15, 0.2) is 15.0 Å². The highest BCUT2D eigenvalue weighted by molar-refractivity contribution is 7.91. The van der Waals surface area contributed by atoms with Crippen LogP contribution >= 0.6 is 11.3 Å². The van der Waals surface area contributed by atoms with Crippen LogP contribution in [-0.4, -0.2) is 56.1 Å². The van der Waals surface area contributed by atoms with Crippen LogP contribution in [-0.2, 0) is 9.84 Å². The lowest BCUT2D eigenvalue weighted by molar-refractivity contribution is 0.0743. The van der Waals surface area contributed by atoms with E-state index in [-0.39, 0.29) is 22.1 Å². The fourth-order valence-electron chi connectivity index (χ4n) is 3.69. The van der Waals surface area contributed by atoms with Crippen LogP contribution in [0.1, 0.15) is 28.4 Å². The summed E-state index contributed by atoms with van der Waals surface area (Å²) in [6.45, 7) is 8.20. The number of amides is 1. The second-order valence-corrected chi connectivity index (χ2v) is 10.8. The van der Waals surface area contributed by atoms with E-state index in [9.17, 15) is 13.2 Å². The maximum Gasteiger partial charge on any atom is 0.255 e. The maximum atomic E-state index is 13.1. The van der Waals surface area contributed by atoms with Crippen LogP contribution in [0.3, 0.4) is 0 Å². The smallest absolute Gasteiger partial charge is 0.255 e. The lowest BCUT2D eigenvalue weighted by Gasteiger charge is -2.34. The lowest BCUT2D eigenvalue weighted by atomic mass is 10.1. The van der Waals surface area contributed by atoms with Crippen LogP contribution in [0.2, 0.25) is 0 Å². The van der Waals surface area contributed by atoms with Gasteiger partial charge in [-0.2, -0.15) is 0 Å². The minimum atomic E-state index is -3.46. The Balaban J connectivity index is 1.52. The van der Waals surface area contributed by atoms with Crippen molar-refractivity contribution in [1.29, 1.82) is 0 Å².